The van der Waals surface area contributed by atoms with Crippen LogP contribution in [-0.2, 0) is 11.2 Å². The standard InChI is InChI=1S/C16H20N2O4/c1-16(2,20)10-17-15(19)9-12-8-14(22-18-12)11-5-4-6-13(7-11)21-3/h4-8,20H,9-10H2,1-3H3,(H,17,19). The van der Waals surface area contributed by atoms with Gasteiger partial charge in [0.1, 0.15) is 5.75 Å². The van der Waals surface area contributed by atoms with Crippen LogP contribution in [0, 0.1) is 0 Å². The third kappa shape index (κ3) is 4.60. The average molecular weight is 304 g/mol. The molecule has 0 spiro atoms. The van der Waals surface area contributed by atoms with Gasteiger partial charge in [-0.05, 0) is 26.0 Å². The maximum Gasteiger partial charge on any atom is 0.226 e. The van der Waals surface area contributed by atoms with Crippen molar-refractivity contribution >= 4 is 5.91 Å². The highest BCUT2D eigenvalue weighted by atomic mass is 16.5. The Morgan fingerprint density at radius 2 is 2.18 bits per heavy atom. The first kappa shape index (κ1) is 16.0. The molecule has 0 saturated carbocycles. The summed E-state index contributed by atoms with van der Waals surface area (Å²) in [6, 6.07) is 9.12. The highest BCUT2D eigenvalue weighted by Gasteiger charge is 2.15. The van der Waals surface area contributed by atoms with Gasteiger partial charge in [-0.2, -0.15) is 0 Å². The number of hydrogen-bond acceptors (Lipinski definition) is 5. The van der Waals surface area contributed by atoms with Gasteiger partial charge in [0.15, 0.2) is 5.76 Å². The largest absolute Gasteiger partial charge is 0.497 e. The Morgan fingerprint density at radius 3 is 2.86 bits per heavy atom. The number of rotatable bonds is 6. The van der Waals surface area contributed by atoms with Gasteiger partial charge in [0.2, 0.25) is 5.91 Å². The van der Waals surface area contributed by atoms with Crippen LogP contribution in [0.1, 0.15) is 19.5 Å². The van der Waals surface area contributed by atoms with Crippen molar-refractivity contribution < 1.29 is 19.2 Å². The number of aliphatic hydroxyl groups is 1. The highest BCUT2D eigenvalue weighted by Crippen LogP contribution is 2.24. The van der Waals surface area contributed by atoms with E-state index in [-0.39, 0.29) is 18.9 Å². The van der Waals surface area contributed by atoms with E-state index < -0.39 is 5.60 Å². The molecule has 0 radical (unpaired) electrons. The third-order valence-electron chi connectivity index (χ3n) is 2.97. The van der Waals surface area contributed by atoms with Crippen molar-refractivity contribution in [2.45, 2.75) is 25.9 Å². The van der Waals surface area contributed by atoms with Crippen molar-refractivity contribution in [3.63, 3.8) is 0 Å². The van der Waals surface area contributed by atoms with Crippen LogP contribution >= 0.6 is 0 Å². The van der Waals surface area contributed by atoms with Gasteiger partial charge in [-0.25, -0.2) is 0 Å². The Hall–Kier alpha value is -2.34. The molecule has 0 saturated heterocycles. The predicted molar refractivity (Wildman–Crippen MR) is 81.5 cm³/mol. The first-order valence-corrected chi connectivity index (χ1v) is 6.96. The SMILES string of the molecule is COc1cccc(-c2cc(CC(=O)NCC(C)(C)O)no2)c1. The number of methoxy groups -OCH3 is 1. The number of aromatic nitrogens is 1. The zero-order valence-electron chi connectivity index (χ0n) is 12.9. The summed E-state index contributed by atoms with van der Waals surface area (Å²) in [6.45, 7) is 3.45. The van der Waals surface area contributed by atoms with Gasteiger partial charge in [-0.3, -0.25) is 4.79 Å². The van der Waals surface area contributed by atoms with Crippen molar-refractivity contribution in [2.75, 3.05) is 13.7 Å². The van der Waals surface area contributed by atoms with E-state index in [4.69, 9.17) is 9.26 Å². The maximum absolute atomic E-state index is 11.8. The summed E-state index contributed by atoms with van der Waals surface area (Å²) in [5.74, 6) is 1.08. The Morgan fingerprint density at radius 1 is 1.41 bits per heavy atom. The van der Waals surface area contributed by atoms with E-state index in [1.54, 1.807) is 27.0 Å². The maximum atomic E-state index is 11.8. The number of hydrogen-bond donors (Lipinski definition) is 2. The molecule has 0 aliphatic heterocycles. The quantitative estimate of drug-likeness (QED) is 0.850. The first-order chi connectivity index (χ1) is 10.4. The molecule has 1 heterocycles. The van der Waals surface area contributed by atoms with E-state index in [0.29, 0.717) is 11.5 Å². The van der Waals surface area contributed by atoms with Crippen molar-refractivity contribution in [3.05, 3.63) is 36.0 Å². The summed E-state index contributed by atoms with van der Waals surface area (Å²) in [5.41, 5.74) is 0.423. The predicted octanol–water partition coefficient (Wildman–Crippen LogP) is 1.78. The van der Waals surface area contributed by atoms with Crippen LogP contribution in [0.3, 0.4) is 0 Å². The van der Waals surface area contributed by atoms with Crippen molar-refractivity contribution in [3.8, 4) is 17.1 Å². The van der Waals surface area contributed by atoms with Crippen molar-refractivity contribution in [1.82, 2.24) is 10.5 Å². The molecule has 2 rings (SSSR count). The van der Waals surface area contributed by atoms with Crippen molar-refractivity contribution in [2.24, 2.45) is 0 Å². The topological polar surface area (TPSA) is 84.6 Å². The smallest absolute Gasteiger partial charge is 0.226 e. The van der Waals surface area contributed by atoms with Crippen LogP contribution < -0.4 is 10.1 Å². The van der Waals surface area contributed by atoms with E-state index in [1.807, 2.05) is 24.3 Å². The third-order valence-corrected chi connectivity index (χ3v) is 2.97. The zero-order valence-corrected chi connectivity index (χ0v) is 12.9. The number of amides is 1. The molecule has 0 atom stereocenters. The van der Waals surface area contributed by atoms with E-state index >= 15 is 0 Å². The molecule has 6 heteroatoms. The first-order valence-electron chi connectivity index (χ1n) is 6.96. The lowest BCUT2D eigenvalue weighted by atomic mass is 10.1. The van der Waals surface area contributed by atoms with Gasteiger partial charge >= 0.3 is 0 Å². The second-order valence-corrected chi connectivity index (χ2v) is 5.68. The second kappa shape index (κ2) is 6.62. The number of nitrogens with one attached hydrogen (secondary N) is 1. The Balaban J connectivity index is 2.00. The lowest BCUT2D eigenvalue weighted by Gasteiger charge is -2.17. The molecule has 2 N–H and O–H groups in total. The summed E-state index contributed by atoms with van der Waals surface area (Å²) in [4.78, 5) is 11.8. The fourth-order valence-corrected chi connectivity index (χ4v) is 1.85. The molecular formula is C16H20N2O4. The number of ether oxygens (including phenoxy) is 1. The van der Waals surface area contributed by atoms with Gasteiger partial charge < -0.3 is 19.7 Å². The normalized spacial score (nSPS) is 11.3. The minimum absolute atomic E-state index is 0.101. The minimum Gasteiger partial charge on any atom is -0.497 e. The molecule has 6 nitrogen and oxygen atoms in total. The summed E-state index contributed by atoms with van der Waals surface area (Å²) in [6.07, 6.45) is 0.101. The van der Waals surface area contributed by atoms with E-state index in [1.165, 1.54) is 0 Å². The minimum atomic E-state index is -0.939. The van der Waals surface area contributed by atoms with Crippen LogP contribution in [0.2, 0.25) is 0 Å². The van der Waals surface area contributed by atoms with Crippen LogP contribution in [-0.4, -0.2) is 35.4 Å². The highest BCUT2D eigenvalue weighted by molar-refractivity contribution is 5.78. The molecule has 0 bridgehead atoms. The number of carbonyl (C=O) groups excluding carboxylic acids is 1. The number of nitrogens with zero attached hydrogens (tertiary/aromatic N) is 1. The van der Waals surface area contributed by atoms with Gasteiger partial charge in [0, 0.05) is 18.2 Å². The Labute approximate surface area is 129 Å². The molecule has 22 heavy (non-hydrogen) atoms. The summed E-state index contributed by atoms with van der Waals surface area (Å²) in [7, 11) is 1.60. The van der Waals surface area contributed by atoms with E-state index in [0.717, 1.165) is 11.3 Å². The molecule has 1 aromatic carbocycles. The zero-order chi connectivity index (χ0) is 16.2. The molecule has 118 valence electrons. The molecule has 0 aliphatic carbocycles. The monoisotopic (exact) mass is 304 g/mol. The fourth-order valence-electron chi connectivity index (χ4n) is 1.85. The Kier molecular flexibility index (Phi) is 4.82. The van der Waals surface area contributed by atoms with E-state index in [9.17, 15) is 9.90 Å². The fraction of sp³-hybridized carbons (Fsp3) is 0.375. The van der Waals surface area contributed by atoms with Crippen molar-refractivity contribution in [1.29, 1.82) is 0 Å². The van der Waals surface area contributed by atoms with Crippen LogP contribution in [0.4, 0.5) is 0 Å². The lowest BCUT2D eigenvalue weighted by molar-refractivity contribution is -0.121. The second-order valence-electron chi connectivity index (χ2n) is 5.68. The van der Waals surface area contributed by atoms with Gasteiger partial charge in [-0.1, -0.05) is 17.3 Å². The molecule has 0 unspecified atom stereocenters. The Bertz CT molecular complexity index is 644. The van der Waals surface area contributed by atoms with Gasteiger partial charge in [-0.15, -0.1) is 0 Å². The number of carbonyl (C=O) groups is 1. The van der Waals surface area contributed by atoms with Crippen LogP contribution in [0.5, 0.6) is 5.75 Å². The molecule has 0 fully saturated rings. The van der Waals surface area contributed by atoms with Gasteiger partial charge in [0.05, 0.1) is 24.8 Å². The average Bonchev–Trinajstić information content (AvgIpc) is 2.93. The summed E-state index contributed by atoms with van der Waals surface area (Å²) in [5, 5.41) is 16.1. The lowest BCUT2D eigenvalue weighted by Crippen LogP contribution is -2.38. The van der Waals surface area contributed by atoms with Gasteiger partial charge in [0.25, 0.3) is 0 Å². The molecule has 2 aromatic rings. The summed E-state index contributed by atoms with van der Waals surface area (Å²) < 4.78 is 10.4. The molecular weight excluding hydrogens is 284 g/mol. The summed E-state index contributed by atoms with van der Waals surface area (Å²) >= 11 is 0. The number of benzene rings is 1. The molecule has 0 aliphatic rings. The van der Waals surface area contributed by atoms with E-state index in [2.05, 4.69) is 10.5 Å². The molecule has 1 amide bonds. The van der Waals surface area contributed by atoms with Crippen LogP contribution in [0.25, 0.3) is 11.3 Å². The van der Waals surface area contributed by atoms with Crippen LogP contribution in [0.15, 0.2) is 34.9 Å². The molecule has 1 aromatic heterocycles.